The van der Waals surface area contributed by atoms with Crippen LogP contribution < -0.4 is 5.32 Å². The first kappa shape index (κ1) is 17.3. The Morgan fingerprint density at radius 2 is 1.65 bits per heavy atom. The SMILES string of the molecule is CCCN(CCC)CCC(=O)Nc1c(Cl)cccc1Cl. The summed E-state index contributed by atoms with van der Waals surface area (Å²) in [5.74, 6) is -0.0581. The van der Waals surface area contributed by atoms with Gasteiger partial charge in [0.15, 0.2) is 0 Å². The number of carbonyl (C=O) groups is 1. The Morgan fingerprint density at radius 3 is 2.15 bits per heavy atom. The second-order valence-electron chi connectivity index (χ2n) is 4.74. The second-order valence-corrected chi connectivity index (χ2v) is 5.55. The lowest BCUT2D eigenvalue weighted by Gasteiger charge is -2.20. The van der Waals surface area contributed by atoms with Gasteiger partial charge in [0.1, 0.15) is 0 Å². The minimum atomic E-state index is -0.0581. The first-order valence-corrected chi connectivity index (χ1v) is 7.80. The molecule has 0 fully saturated rings. The van der Waals surface area contributed by atoms with Crippen LogP contribution in [-0.4, -0.2) is 30.4 Å². The molecule has 0 unspecified atom stereocenters. The summed E-state index contributed by atoms with van der Waals surface area (Å²) in [6, 6.07) is 5.18. The van der Waals surface area contributed by atoms with Crippen LogP contribution >= 0.6 is 23.2 Å². The Bertz CT molecular complexity index is 412. The van der Waals surface area contributed by atoms with E-state index in [1.54, 1.807) is 18.2 Å². The molecule has 1 aromatic rings. The van der Waals surface area contributed by atoms with Crippen molar-refractivity contribution in [2.24, 2.45) is 0 Å². The zero-order valence-corrected chi connectivity index (χ0v) is 13.6. The maximum absolute atomic E-state index is 12.0. The number of para-hydroxylation sites is 1. The van der Waals surface area contributed by atoms with Crippen molar-refractivity contribution in [1.29, 1.82) is 0 Å². The van der Waals surface area contributed by atoms with Crippen LogP contribution in [0.4, 0.5) is 5.69 Å². The minimum absolute atomic E-state index is 0.0581. The molecule has 0 heterocycles. The largest absolute Gasteiger partial charge is 0.324 e. The molecule has 0 aromatic heterocycles. The van der Waals surface area contributed by atoms with Gasteiger partial charge in [-0.05, 0) is 38.1 Å². The van der Waals surface area contributed by atoms with Gasteiger partial charge in [-0.1, -0.05) is 43.1 Å². The molecule has 1 rings (SSSR count). The highest BCUT2D eigenvalue weighted by atomic mass is 35.5. The van der Waals surface area contributed by atoms with E-state index in [0.29, 0.717) is 22.2 Å². The topological polar surface area (TPSA) is 32.3 Å². The Balaban J connectivity index is 2.51. The average molecular weight is 317 g/mol. The van der Waals surface area contributed by atoms with Gasteiger partial charge in [0, 0.05) is 13.0 Å². The molecular weight excluding hydrogens is 295 g/mol. The summed E-state index contributed by atoms with van der Waals surface area (Å²) < 4.78 is 0. The van der Waals surface area contributed by atoms with Gasteiger partial charge in [-0.3, -0.25) is 4.79 Å². The molecule has 1 aromatic carbocycles. The number of hydrogen-bond donors (Lipinski definition) is 1. The van der Waals surface area contributed by atoms with Crippen LogP contribution in [0.5, 0.6) is 0 Å². The Kier molecular flexibility index (Phi) is 7.97. The molecule has 0 aliphatic carbocycles. The quantitative estimate of drug-likeness (QED) is 0.768. The standard InChI is InChI=1S/C15H22Cl2N2O/c1-3-9-19(10-4-2)11-8-14(20)18-15-12(16)6-5-7-13(15)17/h5-7H,3-4,8-11H2,1-2H3,(H,18,20). The number of carbonyl (C=O) groups excluding carboxylic acids is 1. The highest BCUT2D eigenvalue weighted by Crippen LogP contribution is 2.29. The van der Waals surface area contributed by atoms with E-state index in [4.69, 9.17) is 23.2 Å². The first-order valence-electron chi connectivity index (χ1n) is 7.04. The van der Waals surface area contributed by atoms with E-state index in [2.05, 4.69) is 24.1 Å². The molecule has 0 saturated heterocycles. The van der Waals surface area contributed by atoms with Gasteiger partial charge >= 0.3 is 0 Å². The third kappa shape index (κ3) is 5.70. The van der Waals surface area contributed by atoms with Gasteiger partial charge in [-0.15, -0.1) is 0 Å². The number of rotatable bonds is 8. The van der Waals surface area contributed by atoms with Crippen molar-refractivity contribution >= 4 is 34.8 Å². The molecule has 3 nitrogen and oxygen atoms in total. The molecule has 0 spiro atoms. The smallest absolute Gasteiger partial charge is 0.225 e. The van der Waals surface area contributed by atoms with Crippen molar-refractivity contribution in [3.05, 3.63) is 28.2 Å². The average Bonchev–Trinajstić information content (AvgIpc) is 2.41. The van der Waals surface area contributed by atoms with Crippen LogP contribution in [0, 0.1) is 0 Å². The van der Waals surface area contributed by atoms with E-state index in [-0.39, 0.29) is 5.91 Å². The third-order valence-electron chi connectivity index (χ3n) is 2.96. The van der Waals surface area contributed by atoms with Crippen LogP contribution in [0.15, 0.2) is 18.2 Å². The minimum Gasteiger partial charge on any atom is -0.324 e. The summed E-state index contributed by atoms with van der Waals surface area (Å²) in [6.07, 6.45) is 2.64. The highest BCUT2D eigenvalue weighted by molar-refractivity contribution is 6.39. The molecule has 5 heteroatoms. The fourth-order valence-corrected chi connectivity index (χ4v) is 2.54. The van der Waals surface area contributed by atoms with Crippen molar-refractivity contribution in [3.63, 3.8) is 0 Å². The van der Waals surface area contributed by atoms with E-state index >= 15 is 0 Å². The van der Waals surface area contributed by atoms with Gasteiger partial charge in [0.2, 0.25) is 5.91 Å². The van der Waals surface area contributed by atoms with Crippen molar-refractivity contribution in [1.82, 2.24) is 4.90 Å². The molecule has 1 amide bonds. The lowest BCUT2D eigenvalue weighted by Crippen LogP contribution is -2.29. The van der Waals surface area contributed by atoms with Crippen LogP contribution in [-0.2, 0) is 4.79 Å². The van der Waals surface area contributed by atoms with Crippen LogP contribution in [0.2, 0.25) is 10.0 Å². The molecule has 0 radical (unpaired) electrons. The van der Waals surface area contributed by atoms with Crippen molar-refractivity contribution in [2.75, 3.05) is 25.0 Å². The highest BCUT2D eigenvalue weighted by Gasteiger charge is 2.11. The Morgan fingerprint density at radius 1 is 1.10 bits per heavy atom. The van der Waals surface area contributed by atoms with Gasteiger partial charge in [0.25, 0.3) is 0 Å². The van der Waals surface area contributed by atoms with Gasteiger partial charge in [0.05, 0.1) is 15.7 Å². The lowest BCUT2D eigenvalue weighted by atomic mass is 10.2. The number of hydrogen-bond acceptors (Lipinski definition) is 2. The number of benzene rings is 1. The van der Waals surface area contributed by atoms with E-state index < -0.39 is 0 Å². The molecule has 0 bridgehead atoms. The predicted octanol–water partition coefficient (Wildman–Crippen LogP) is 4.44. The number of halogens is 2. The maximum atomic E-state index is 12.0. The predicted molar refractivity (Wildman–Crippen MR) is 86.7 cm³/mol. The fourth-order valence-electron chi connectivity index (χ4n) is 2.05. The van der Waals surface area contributed by atoms with E-state index in [9.17, 15) is 4.79 Å². The molecule has 0 atom stereocenters. The Labute approximate surface area is 131 Å². The van der Waals surface area contributed by atoms with Gasteiger partial charge in [-0.2, -0.15) is 0 Å². The van der Waals surface area contributed by atoms with Gasteiger partial charge < -0.3 is 10.2 Å². The summed E-state index contributed by atoms with van der Waals surface area (Å²) >= 11 is 12.1. The number of amides is 1. The molecular formula is C15H22Cl2N2O. The van der Waals surface area contributed by atoms with Crippen molar-refractivity contribution in [3.8, 4) is 0 Å². The lowest BCUT2D eigenvalue weighted by molar-refractivity contribution is -0.116. The van der Waals surface area contributed by atoms with Crippen molar-refractivity contribution < 1.29 is 4.79 Å². The molecule has 1 N–H and O–H groups in total. The Hall–Kier alpha value is -0.770. The normalized spacial score (nSPS) is 10.8. The zero-order chi connectivity index (χ0) is 15.0. The maximum Gasteiger partial charge on any atom is 0.225 e. The summed E-state index contributed by atoms with van der Waals surface area (Å²) in [5.41, 5.74) is 0.498. The number of nitrogens with zero attached hydrogens (tertiary/aromatic N) is 1. The monoisotopic (exact) mass is 316 g/mol. The van der Waals surface area contributed by atoms with Crippen LogP contribution in [0.25, 0.3) is 0 Å². The van der Waals surface area contributed by atoms with Crippen LogP contribution in [0.3, 0.4) is 0 Å². The summed E-state index contributed by atoms with van der Waals surface area (Å²) in [5, 5.41) is 3.71. The second kappa shape index (κ2) is 9.22. The first-order chi connectivity index (χ1) is 9.58. The molecule has 20 heavy (non-hydrogen) atoms. The molecule has 0 aliphatic rings. The van der Waals surface area contributed by atoms with Crippen LogP contribution in [0.1, 0.15) is 33.1 Å². The third-order valence-corrected chi connectivity index (χ3v) is 3.59. The number of anilines is 1. The fraction of sp³-hybridized carbons (Fsp3) is 0.533. The molecule has 0 aliphatic heterocycles. The van der Waals surface area contributed by atoms with E-state index in [1.807, 2.05) is 0 Å². The summed E-state index contributed by atoms with van der Waals surface area (Å²) in [7, 11) is 0. The zero-order valence-electron chi connectivity index (χ0n) is 12.1. The van der Waals surface area contributed by atoms with Gasteiger partial charge in [-0.25, -0.2) is 0 Å². The van der Waals surface area contributed by atoms with Crippen molar-refractivity contribution in [2.45, 2.75) is 33.1 Å². The number of nitrogens with one attached hydrogen (secondary N) is 1. The molecule has 112 valence electrons. The van der Waals surface area contributed by atoms with E-state index in [0.717, 1.165) is 32.5 Å². The summed E-state index contributed by atoms with van der Waals surface area (Å²) in [4.78, 5) is 14.3. The summed E-state index contributed by atoms with van der Waals surface area (Å²) in [6.45, 7) is 7.09. The molecule has 0 saturated carbocycles. The van der Waals surface area contributed by atoms with E-state index in [1.165, 1.54) is 0 Å².